The molecule has 0 saturated carbocycles. The zero-order valence-corrected chi connectivity index (χ0v) is 14.6. The van der Waals surface area contributed by atoms with Gasteiger partial charge in [-0.15, -0.1) is 0 Å². The van der Waals surface area contributed by atoms with Crippen LogP contribution in [0.5, 0.6) is 5.75 Å². The lowest BCUT2D eigenvalue weighted by Gasteiger charge is -2.21. The fourth-order valence-electron chi connectivity index (χ4n) is 2.64. The molecule has 5 heteroatoms. The van der Waals surface area contributed by atoms with Crippen LogP contribution in [0.4, 0.5) is 5.69 Å². The van der Waals surface area contributed by atoms with Crippen LogP contribution in [0.25, 0.3) is 0 Å². The molecule has 1 aliphatic rings. The van der Waals surface area contributed by atoms with Crippen LogP contribution < -0.4 is 15.0 Å². The van der Waals surface area contributed by atoms with Gasteiger partial charge in [0.1, 0.15) is 5.75 Å². The number of rotatable bonds is 5. The number of carbonyl (C=O) groups is 2. The molecule has 0 bridgehead atoms. The molecule has 0 spiro atoms. The van der Waals surface area contributed by atoms with Gasteiger partial charge in [0.25, 0.3) is 0 Å². The number of aryl methyl sites for hydroxylation is 1. The van der Waals surface area contributed by atoms with Crippen molar-refractivity contribution < 1.29 is 14.3 Å². The number of anilines is 1. The van der Waals surface area contributed by atoms with Gasteiger partial charge in [0.15, 0.2) is 0 Å². The Kier molecular flexibility index (Phi) is 5.29. The number of benzene rings is 1. The number of hydrogen-bond acceptors (Lipinski definition) is 3. The molecule has 1 saturated heterocycles. The molecule has 2 unspecified atom stereocenters. The summed E-state index contributed by atoms with van der Waals surface area (Å²) in [4.78, 5) is 26.4. The second-order valence-electron chi connectivity index (χ2n) is 6.62. The minimum Gasteiger partial charge on any atom is -0.495 e. The highest BCUT2D eigenvalue weighted by Gasteiger charge is 2.36. The van der Waals surface area contributed by atoms with E-state index in [2.05, 4.69) is 19.2 Å². The smallest absolute Gasteiger partial charge is 0.227 e. The van der Waals surface area contributed by atoms with Gasteiger partial charge in [-0.1, -0.05) is 19.9 Å². The summed E-state index contributed by atoms with van der Waals surface area (Å²) in [6.45, 7) is 8.48. The van der Waals surface area contributed by atoms with Gasteiger partial charge in [-0.3, -0.25) is 9.59 Å². The fraction of sp³-hybridized carbons (Fsp3) is 0.556. The molecule has 2 atom stereocenters. The average molecular weight is 318 g/mol. The zero-order chi connectivity index (χ0) is 17.1. The normalized spacial score (nSPS) is 19.1. The predicted octanol–water partition coefficient (Wildman–Crippen LogP) is 2.52. The number of amides is 2. The lowest BCUT2D eigenvalue weighted by Crippen LogP contribution is -2.40. The van der Waals surface area contributed by atoms with Crippen LogP contribution in [0.1, 0.15) is 32.8 Å². The number of hydrogen-bond donors (Lipinski definition) is 1. The number of methoxy groups -OCH3 is 1. The molecular weight excluding hydrogens is 292 g/mol. The molecule has 23 heavy (non-hydrogen) atoms. The Morgan fingerprint density at radius 1 is 1.35 bits per heavy atom. The third-order valence-electron chi connectivity index (χ3n) is 4.49. The van der Waals surface area contributed by atoms with Crippen LogP contribution in [0.3, 0.4) is 0 Å². The van der Waals surface area contributed by atoms with Crippen molar-refractivity contribution in [2.24, 2.45) is 11.8 Å². The maximum atomic E-state index is 12.4. The lowest BCUT2D eigenvalue weighted by molar-refractivity contribution is -0.127. The van der Waals surface area contributed by atoms with E-state index < -0.39 is 0 Å². The number of carbonyl (C=O) groups excluding carboxylic acids is 2. The van der Waals surface area contributed by atoms with E-state index >= 15 is 0 Å². The summed E-state index contributed by atoms with van der Waals surface area (Å²) < 4.78 is 5.36. The van der Waals surface area contributed by atoms with Gasteiger partial charge in [-0.05, 0) is 37.5 Å². The van der Waals surface area contributed by atoms with E-state index in [0.29, 0.717) is 18.2 Å². The van der Waals surface area contributed by atoms with E-state index in [1.165, 1.54) is 0 Å². The number of ether oxygens (including phenoxy) is 1. The van der Waals surface area contributed by atoms with Gasteiger partial charge < -0.3 is 15.0 Å². The monoisotopic (exact) mass is 318 g/mol. The molecule has 1 aliphatic heterocycles. The first-order chi connectivity index (χ1) is 10.8. The van der Waals surface area contributed by atoms with Crippen molar-refractivity contribution >= 4 is 17.5 Å². The second kappa shape index (κ2) is 7.02. The van der Waals surface area contributed by atoms with Crippen molar-refractivity contribution in [3.05, 3.63) is 23.8 Å². The summed E-state index contributed by atoms with van der Waals surface area (Å²) >= 11 is 0. The Labute approximate surface area is 138 Å². The van der Waals surface area contributed by atoms with E-state index in [1.807, 2.05) is 32.0 Å². The Morgan fingerprint density at radius 3 is 2.65 bits per heavy atom. The van der Waals surface area contributed by atoms with Crippen molar-refractivity contribution in [1.29, 1.82) is 0 Å². The number of nitrogens with zero attached hydrogens (tertiary/aromatic N) is 1. The Morgan fingerprint density at radius 2 is 2.04 bits per heavy atom. The van der Waals surface area contributed by atoms with Crippen molar-refractivity contribution in [3.8, 4) is 5.75 Å². The largest absolute Gasteiger partial charge is 0.495 e. The van der Waals surface area contributed by atoms with E-state index in [9.17, 15) is 9.59 Å². The van der Waals surface area contributed by atoms with Gasteiger partial charge in [0, 0.05) is 19.0 Å². The molecule has 126 valence electrons. The van der Waals surface area contributed by atoms with Crippen molar-refractivity contribution in [1.82, 2.24) is 5.32 Å². The lowest BCUT2D eigenvalue weighted by atomic mass is 10.0. The molecule has 5 nitrogen and oxygen atoms in total. The van der Waals surface area contributed by atoms with Crippen molar-refractivity contribution in [2.45, 2.75) is 40.2 Å². The van der Waals surface area contributed by atoms with E-state index in [0.717, 1.165) is 11.3 Å². The van der Waals surface area contributed by atoms with Crippen LogP contribution in [-0.4, -0.2) is 31.5 Å². The molecule has 1 fully saturated rings. The SMILES string of the molecule is COc1ccc(C)cc1N1CC(C(=O)NC(C)C(C)C)CC1=O. The molecule has 0 radical (unpaired) electrons. The van der Waals surface area contributed by atoms with Crippen molar-refractivity contribution in [2.75, 3.05) is 18.6 Å². The third kappa shape index (κ3) is 3.84. The van der Waals surface area contributed by atoms with Crippen LogP contribution in [0, 0.1) is 18.8 Å². The van der Waals surface area contributed by atoms with E-state index in [4.69, 9.17) is 4.74 Å². The summed E-state index contributed by atoms with van der Waals surface area (Å²) in [6, 6.07) is 5.82. The molecule has 2 amide bonds. The van der Waals surface area contributed by atoms with Crippen LogP contribution in [-0.2, 0) is 9.59 Å². The van der Waals surface area contributed by atoms with E-state index in [-0.39, 0.29) is 30.2 Å². The summed E-state index contributed by atoms with van der Waals surface area (Å²) in [5.41, 5.74) is 1.79. The highest BCUT2D eigenvalue weighted by Crippen LogP contribution is 2.34. The van der Waals surface area contributed by atoms with Gasteiger partial charge in [0.2, 0.25) is 11.8 Å². The minimum atomic E-state index is -0.311. The molecule has 0 aliphatic carbocycles. The average Bonchev–Trinajstić information content (AvgIpc) is 2.89. The third-order valence-corrected chi connectivity index (χ3v) is 4.49. The highest BCUT2D eigenvalue weighted by molar-refractivity contribution is 6.01. The van der Waals surface area contributed by atoms with Gasteiger partial charge in [0.05, 0.1) is 18.7 Å². The highest BCUT2D eigenvalue weighted by atomic mass is 16.5. The molecule has 0 aromatic heterocycles. The summed E-state index contributed by atoms with van der Waals surface area (Å²) in [5, 5.41) is 3.00. The maximum Gasteiger partial charge on any atom is 0.227 e. The second-order valence-corrected chi connectivity index (χ2v) is 6.62. The summed E-state index contributed by atoms with van der Waals surface area (Å²) in [5.74, 6) is 0.624. The first-order valence-electron chi connectivity index (χ1n) is 8.08. The minimum absolute atomic E-state index is 0.0359. The van der Waals surface area contributed by atoms with Gasteiger partial charge >= 0.3 is 0 Å². The molecule has 1 aromatic carbocycles. The Bertz CT molecular complexity index is 598. The molecule has 1 N–H and O–H groups in total. The summed E-state index contributed by atoms with van der Waals surface area (Å²) in [6.07, 6.45) is 0.244. The zero-order valence-electron chi connectivity index (χ0n) is 14.6. The standard InChI is InChI=1S/C18H26N2O3/c1-11(2)13(4)19-18(22)14-9-17(21)20(10-14)15-8-12(3)6-7-16(15)23-5/h6-8,11,13-14H,9-10H2,1-5H3,(H,19,22). The quantitative estimate of drug-likeness (QED) is 0.907. The predicted molar refractivity (Wildman–Crippen MR) is 90.6 cm³/mol. The first-order valence-corrected chi connectivity index (χ1v) is 8.08. The fourth-order valence-corrected chi connectivity index (χ4v) is 2.64. The van der Waals surface area contributed by atoms with Crippen molar-refractivity contribution in [3.63, 3.8) is 0 Å². The molecule has 1 aromatic rings. The van der Waals surface area contributed by atoms with Crippen LogP contribution in [0.2, 0.25) is 0 Å². The summed E-state index contributed by atoms with van der Waals surface area (Å²) in [7, 11) is 1.59. The Balaban J connectivity index is 2.14. The van der Waals surface area contributed by atoms with Crippen LogP contribution in [0.15, 0.2) is 18.2 Å². The maximum absolute atomic E-state index is 12.4. The van der Waals surface area contributed by atoms with Gasteiger partial charge in [-0.2, -0.15) is 0 Å². The van der Waals surface area contributed by atoms with Gasteiger partial charge in [-0.25, -0.2) is 0 Å². The molecular formula is C18H26N2O3. The Hall–Kier alpha value is -2.04. The van der Waals surface area contributed by atoms with E-state index in [1.54, 1.807) is 12.0 Å². The first kappa shape index (κ1) is 17.3. The topological polar surface area (TPSA) is 58.6 Å². The van der Waals surface area contributed by atoms with Crippen LogP contribution >= 0.6 is 0 Å². The molecule has 1 heterocycles. The number of nitrogens with one attached hydrogen (secondary N) is 1. The molecule has 2 rings (SSSR count).